The fraction of sp³-hybridized carbons (Fsp3) is 0.550. The Labute approximate surface area is 197 Å². The zero-order valence-electron chi connectivity index (χ0n) is 17.6. The van der Waals surface area contributed by atoms with Crippen LogP contribution >= 0.6 is 24.0 Å². The average molecular weight is 551 g/mol. The van der Waals surface area contributed by atoms with Crippen molar-refractivity contribution in [2.45, 2.75) is 32.1 Å². The summed E-state index contributed by atoms with van der Waals surface area (Å²) in [4.78, 5) is 8.75. The van der Waals surface area contributed by atoms with Crippen LogP contribution in [0.2, 0.25) is 0 Å². The summed E-state index contributed by atoms with van der Waals surface area (Å²) in [5, 5.41) is 11.0. The van der Waals surface area contributed by atoms with Crippen molar-refractivity contribution in [3.63, 3.8) is 0 Å². The van der Waals surface area contributed by atoms with Gasteiger partial charge in [0.25, 0.3) is 0 Å². The lowest BCUT2D eigenvalue weighted by Gasteiger charge is -2.36. The van der Waals surface area contributed by atoms with Crippen molar-refractivity contribution >= 4 is 29.9 Å². The Morgan fingerprint density at radius 1 is 1.10 bits per heavy atom. The van der Waals surface area contributed by atoms with Gasteiger partial charge in [-0.1, -0.05) is 18.2 Å². The second-order valence-corrected chi connectivity index (χ2v) is 7.34. The monoisotopic (exact) mass is 551 g/mol. The third kappa shape index (κ3) is 7.95. The molecule has 1 N–H and O–H groups in total. The van der Waals surface area contributed by atoms with Gasteiger partial charge in [-0.25, -0.2) is 0 Å². The summed E-state index contributed by atoms with van der Waals surface area (Å²) in [5.74, 6) is 0.873. The molecule has 3 rings (SSSR count). The second-order valence-electron chi connectivity index (χ2n) is 7.34. The third-order valence-corrected chi connectivity index (χ3v) is 5.14. The average Bonchev–Trinajstić information content (AvgIpc) is 3.25. The van der Waals surface area contributed by atoms with E-state index in [0.29, 0.717) is 12.1 Å². The predicted molar refractivity (Wildman–Crippen MR) is 124 cm³/mol. The summed E-state index contributed by atoms with van der Waals surface area (Å²) in [6.07, 6.45) is 1.15. The van der Waals surface area contributed by atoms with Crippen molar-refractivity contribution in [2.24, 2.45) is 4.99 Å². The van der Waals surface area contributed by atoms with Gasteiger partial charge < -0.3 is 14.8 Å². The molecule has 2 heterocycles. The van der Waals surface area contributed by atoms with Crippen LogP contribution in [0.5, 0.6) is 0 Å². The van der Waals surface area contributed by atoms with E-state index in [4.69, 9.17) is 0 Å². The number of nitrogens with one attached hydrogen (secondary N) is 1. The highest BCUT2D eigenvalue weighted by Crippen LogP contribution is 2.29. The molecule has 172 valence electrons. The van der Waals surface area contributed by atoms with Crippen LogP contribution in [0.1, 0.15) is 24.0 Å². The van der Waals surface area contributed by atoms with Crippen molar-refractivity contribution in [1.29, 1.82) is 0 Å². The molecular weight excluding hydrogens is 522 g/mol. The number of piperazine rings is 1. The van der Waals surface area contributed by atoms with Crippen LogP contribution < -0.4 is 5.32 Å². The summed E-state index contributed by atoms with van der Waals surface area (Å²) in [6, 6.07) is 5.58. The molecule has 1 aromatic carbocycles. The van der Waals surface area contributed by atoms with Gasteiger partial charge in [0, 0.05) is 52.9 Å². The van der Waals surface area contributed by atoms with E-state index in [1.54, 1.807) is 25.8 Å². The molecule has 0 aliphatic carbocycles. The number of rotatable bonds is 7. The Morgan fingerprint density at radius 2 is 1.81 bits per heavy atom. The lowest BCUT2D eigenvalue weighted by atomic mass is 10.1. The van der Waals surface area contributed by atoms with Crippen molar-refractivity contribution in [3.05, 3.63) is 48.0 Å². The van der Waals surface area contributed by atoms with Gasteiger partial charge in [-0.15, -0.1) is 34.2 Å². The van der Waals surface area contributed by atoms with E-state index in [1.807, 2.05) is 4.57 Å². The molecule has 0 bridgehead atoms. The van der Waals surface area contributed by atoms with Gasteiger partial charge in [-0.3, -0.25) is 9.89 Å². The molecule has 0 saturated carbocycles. The van der Waals surface area contributed by atoms with Crippen molar-refractivity contribution in [2.75, 3.05) is 39.8 Å². The van der Waals surface area contributed by atoms with E-state index in [-0.39, 0.29) is 24.0 Å². The van der Waals surface area contributed by atoms with Crippen molar-refractivity contribution in [3.8, 4) is 0 Å². The molecule has 0 atom stereocenters. The maximum Gasteiger partial charge on any atom is 0.416 e. The summed E-state index contributed by atoms with van der Waals surface area (Å²) in [5.41, 5.74) is 0.0985. The molecular formula is C20H29F3IN7. The molecule has 1 fully saturated rings. The SMILES string of the molecule is CN=C(NCCCCn1cnnc1)N1CCN(Cc2cccc(C(F)(F)F)c2)CC1.I. The number of aryl methyl sites for hydroxylation is 1. The second kappa shape index (κ2) is 12.2. The molecule has 0 spiro atoms. The molecule has 1 aromatic heterocycles. The number of guanidine groups is 1. The zero-order valence-corrected chi connectivity index (χ0v) is 19.9. The zero-order chi connectivity index (χ0) is 21.4. The van der Waals surface area contributed by atoms with Gasteiger partial charge in [0.05, 0.1) is 5.56 Å². The molecule has 7 nitrogen and oxygen atoms in total. The molecule has 1 aliphatic heterocycles. The lowest BCUT2D eigenvalue weighted by Crippen LogP contribution is -2.52. The quantitative estimate of drug-likeness (QED) is 0.248. The minimum atomic E-state index is -4.30. The highest BCUT2D eigenvalue weighted by Gasteiger charge is 2.30. The first kappa shape index (κ1) is 25.4. The number of aromatic nitrogens is 3. The number of hydrogen-bond donors (Lipinski definition) is 1. The van der Waals surface area contributed by atoms with Crippen LogP contribution in [0.3, 0.4) is 0 Å². The first-order valence-corrected chi connectivity index (χ1v) is 10.1. The van der Waals surface area contributed by atoms with Crippen LogP contribution in [-0.4, -0.2) is 70.3 Å². The van der Waals surface area contributed by atoms with Gasteiger partial charge in [-0.2, -0.15) is 13.2 Å². The Morgan fingerprint density at radius 3 is 2.45 bits per heavy atom. The van der Waals surface area contributed by atoms with Gasteiger partial charge in [0.1, 0.15) is 12.7 Å². The minimum absolute atomic E-state index is 0. The molecule has 11 heteroatoms. The van der Waals surface area contributed by atoms with Crippen LogP contribution in [0, 0.1) is 0 Å². The van der Waals surface area contributed by atoms with E-state index < -0.39 is 11.7 Å². The number of aliphatic imine (C=N–C) groups is 1. The first-order chi connectivity index (χ1) is 14.5. The van der Waals surface area contributed by atoms with Crippen molar-refractivity contribution in [1.82, 2.24) is 29.9 Å². The van der Waals surface area contributed by atoms with Crippen LogP contribution in [-0.2, 0) is 19.3 Å². The number of hydrogen-bond acceptors (Lipinski definition) is 4. The number of unbranched alkanes of at least 4 members (excludes halogenated alkanes) is 1. The standard InChI is InChI=1S/C20H28F3N7.HI/c1-24-19(25-7-2-3-8-29-15-26-27-16-29)30-11-9-28(10-12-30)14-17-5-4-6-18(13-17)20(21,22)23;/h4-6,13,15-16H,2-3,7-12,14H2,1H3,(H,24,25);1H. The van der Waals surface area contributed by atoms with Gasteiger partial charge >= 0.3 is 6.18 Å². The van der Waals surface area contributed by atoms with Gasteiger partial charge in [-0.05, 0) is 24.5 Å². The number of benzene rings is 1. The van der Waals surface area contributed by atoms with Crippen LogP contribution in [0.4, 0.5) is 13.2 Å². The van der Waals surface area contributed by atoms with E-state index in [0.717, 1.165) is 64.1 Å². The fourth-order valence-electron chi connectivity index (χ4n) is 3.51. The molecule has 0 amide bonds. The Balaban J connectivity index is 0.00000341. The molecule has 2 aromatic rings. The number of nitrogens with zero attached hydrogens (tertiary/aromatic N) is 6. The van der Waals surface area contributed by atoms with Gasteiger partial charge in [0.2, 0.25) is 0 Å². The molecule has 31 heavy (non-hydrogen) atoms. The Kier molecular flexibility index (Phi) is 10.0. The Bertz CT molecular complexity index is 803. The van der Waals surface area contributed by atoms with E-state index in [1.165, 1.54) is 12.1 Å². The molecule has 0 radical (unpaired) electrons. The van der Waals surface area contributed by atoms with E-state index in [9.17, 15) is 13.2 Å². The summed E-state index contributed by atoms with van der Waals surface area (Å²) in [7, 11) is 1.77. The Hall–Kier alpha value is -1.89. The van der Waals surface area contributed by atoms with Crippen molar-refractivity contribution < 1.29 is 13.2 Å². The number of halogens is 4. The lowest BCUT2D eigenvalue weighted by molar-refractivity contribution is -0.137. The minimum Gasteiger partial charge on any atom is -0.356 e. The maximum atomic E-state index is 12.9. The smallest absolute Gasteiger partial charge is 0.356 e. The molecule has 1 aliphatic rings. The van der Waals surface area contributed by atoms with E-state index >= 15 is 0 Å². The summed E-state index contributed by atoms with van der Waals surface area (Å²) in [6.45, 7) is 5.39. The summed E-state index contributed by atoms with van der Waals surface area (Å²) < 4.78 is 40.7. The maximum absolute atomic E-state index is 12.9. The fourth-order valence-corrected chi connectivity index (χ4v) is 3.51. The number of alkyl halides is 3. The summed E-state index contributed by atoms with van der Waals surface area (Å²) >= 11 is 0. The first-order valence-electron chi connectivity index (χ1n) is 10.1. The van der Waals surface area contributed by atoms with Crippen LogP contribution in [0.15, 0.2) is 41.9 Å². The van der Waals surface area contributed by atoms with Gasteiger partial charge in [0.15, 0.2) is 5.96 Å². The third-order valence-electron chi connectivity index (χ3n) is 5.14. The molecule has 0 unspecified atom stereocenters. The normalized spacial score (nSPS) is 15.6. The van der Waals surface area contributed by atoms with E-state index in [2.05, 4.69) is 30.3 Å². The topological polar surface area (TPSA) is 61.6 Å². The highest BCUT2D eigenvalue weighted by atomic mass is 127. The molecule has 1 saturated heterocycles. The van der Waals surface area contributed by atoms with Crippen LogP contribution in [0.25, 0.3) is 0 Å². The largest absolute Gasteiger partial charge is 0.416 e. The highest BCUT2D eigenvalue weighted by molar-refractivity contribution is 14.0. The predicted octanol–water partition coefficient (Wildman–Crippen LogP) is 3.09.